The van der Waals surface area contributed by atoms with Crippen molar-refractivity contribution in [2.45, 2.75) is 70.7 Å². The van der Waals surface area contributed by atoms with Crippen molar-refractivity contribution in [1.82, 2.24) is 0 Å². The number of hydrogen-bond donors (Lipinski definition) is 1. The van der Waals surface area contributed by atoms with Crippen LogP contribution in [0.15, 0.2) is 0 Å². The minimum absolute atomic E-state index is 0.214. The highest BCUT2D eigenvalue weighted by Crippen LogP contribution is 2.32. The van der Waals surface area contributed by atoms with E-state index in [4.69, 9.17) is 4.74 Å². The Kier molecular flexibility index (Phi) is 3.74. The Balaban J connectivity index is 2.45. The third-order valence-electron chi connectivity index (χ3n) is 2.80. The van der Waals surface area contributed by atoms with Gasteiger partial charge in [-0.05, 0) is 20.3 Å². The summed E-state index contributed by atoms with van der Waals surface area (Å²) in [5.41, 5.74) is -0.451. The monoisotopic (exact) mass is 186 g/mol. The summed E-state index contributed by atoms with van der Waals surface area (Å²) < 4.78 is 5.60. The molecule has 0 spiro atoms. The molecule has 0 aromatic rings. The van der Waals surface area contributed by atoms with Crippen molar-refractivity contribution in [3.63, 3.8) is 0 Å². The van der Waals surface area contributed by atoms with Crippen LogP contribution in [0.3, 0.4) is 0 Å². The summed E-state index contributed by atoms with van der Waals surface area (Å²) in [5.74, 6) is 0. The van der Waals surface area contributed by atoms with Gasteiger partial charge in [0.2, 0.25) is 0 Å². The van der Waals surface area contributed by atoms with Crippen molar-refractivity contribution in [2.24, 2.45) is 0 Å². The lowest BCUT2D eigenvalue weighted by molar-refractivity contribution is -0.134. The van der Waals surface area contributed by atoms with E-state index in [-0.39, 0.29) is 12.2 Å². The molecule has 1 heterocycles. The minimum atomic E-state index is -0.451. The van der Waals surface area contributed by atoms with Crippen molar-refractivity contribution in [3.8, 4) is 0 Å². The molecule has 2 unspecified atom stereocenters. The van der Waals surface area contributed by atoms with Crippen LogP contribution in [0.5, 0.6) is 0 Å². The van der Waals surface area contributed by atoms with Gasteiger partial charge in [-0.1, -0.05) is 19.8 Å². The Morgan fingerprint density at radius 2 is 1.85 bits per heavy atom. The molecule has 0 aromatic heterocycles. The van der Waals surface area contributed by atoms with Gasteiger partial charge in [-0.2, -0.15) is 0 Å². The first-order valence-electron chi connectivity index (χ1n) is 5.43. The zero-order valence-electron chi connectivity index (χ0n) is 9.05. The normalized spacial score (nSPS) is 40.6. The quantitative estimate of drug-likeness (QED) is 0.733. The topological polar surface area (TPSA) is 29.5 Å². The van der Waals surface area contributed by atoms with Gasteiger partial charge in [0.25, 0.3) is 0 Å². The number of rotatable bonds is 3. The second-order valence-electron chi connectivity index (χ2n) is 4.49. The predicted molar refractivity (Wildman–Crippen MR) is 53.7 cm³/mol. The molecule has 78 valence electrons. The summed E-state index contributed by atoms with van der Waals surface area (Å²) in [6.45, 7) is 6.26. The van der Waals surface area contributed by atoms with E-state index in [0.717, 1.165) is 32.1 Å². The van der Waals surface area contributed by atoms with E-state index >= 15 is 0 Å². The third-order valence-corrected chi connectivity index (χ3v) is 2.80. The molecule has 1 fully saturated rings. The fourth-order valence-corrected chi connectivity index (χ4v) is 2.36. The van der Waals surface area contributed by atoms with Crippen LogP contribution in [0.1, 0.15) is 52.9 Å². The van der Waals surface area contributed by atoms with E-state index in [1.54, 1.807) is 0 Å². The molecule has 13 heavy (non-hydrogen) atoms. The van der Waals surface area contributed by atoms with Gasteiger partial charge in [0, 0.05) is 12.8 Å². The third kappa shape index (κ3) is 3.28. The predicted octanol–water partition coefficient (Wildman–Crippen LogP) is 2.50. The van der Waals surface area contributed by atoms with Gasteiger partial charge in [-0.3, -0.25) is 0 Å². The van der Waals surface area contributed by atoms with Crippen molar-refractivity contribution in [3.05, 3.63) is 0 Å². The second-order valence-corrected chi connectivity index (χ2v) is 4.49. The lowest BCUT2D eigenvalue weighted by atomic mass is 9.84. The lowest BCUT2D eigenvalue weighted by Crippen LogP contribution is -2.43. The summed E-state index contributed by atoms with van der Waals surface area (Å²) in [4.78, 5) is 0. The first-order chi connectivity index (χ1) is 6.06. The first kappa shape index (κ1) is 11.0. The molecule has 2 heteroatoms. The summed E-state index contributed by atoms with van der Waals surface area (Å²) in [6.07, 6.45) is 5.24. The number of aliphatic hydroxyl groups is 1. The average molecular weight is 186 g/mol. The zero-order chi connectivity index (χ0) is 9.90. The number of unbranched alkanes of at least 4 members (excludes halogenated alkanes) is 1. The highest BCUT2D eigenvalue weighted by Gasteiger charge is 2.35. The SMILES string of the molecule is CCCCC1(O)CC(C)OC(C)C1. The van der Waals surface area contributed by atoms with Gasteiger partial charge in [0.1, 0.15) is 0 Å². The maximum absolute atomic E-state index is 10.3. The molecule has 2 atom stereocenters. The molecule has 2 nitrogen and oxygen atoms in total. The Morgan fingerprint density at radius 3 is 2.31 bits per heavy atom. The molecule has 1 N–H and O–H groups in total. The van der Waals surface area contributed by atoms with Gasteiger partial charge in [0.05, 0.1) is 17.8 Å². The zero-order valence-corrected chi connectivity index (χ0v) is 9.05. The first-order valence-corrected chi connectivity index (χ1v) is 5.43. The molecule has 0 bridgehead atoms. The summed E-state index contributed by atoms with van der Waals surface area (Å²) in [7, 11) is 0. The number of ether oxygens (including phenoxy) is 1. The van der Waals surface area contributed by atoms with Crippen LogP contribution in [-0.2, 0) is 4.74 Å². The Morgan fingerprint density at radius 1 is 1.31 bits per heavy atom. The van der Waals surface area contributed by atoms with Crippen molar-refractivity contribution < 1.29 is 9.84 Å². The standard InChI is InChI=1S/C11H22O2/c1-4-5-6-11(12)7-9(2)13-10(3)8-11/h9-10,12H,4-8H2,1-3H3. The Labute approximate surface area is 81.3 Å². The van der Waals surface area contributed by atoms with E-state index in [1.165, 1.54) is 0 Å². The van der Waals surface area contributed by atoms with Gasteiger partial charge in [-0.15, -0.1) is 0 Å². The largest absolute Gasteiger partial charge is 0.390 e. The molecular formula is C11H22O2. The molecule has 1 rings (SSSR count). The van der Waals surface area contributed by atoms with Crippen LogP contribution in [0, 0.1) is 0 Å². The van der Waals surface area contributed by atoms with Crippen molar-refractivity contribution in [1.29, 1.82) is 0 Å². The van der Waals surface area contributed by atoms with Crippen LogP contribution < -0.4 is 0 Å². The van der Waals surface area contributed by atoms with Crippen molar-refractivity contribution >= 4 is 0 Å². The number of hydrogen-bond acceptors (Lipinski definition) is 2. The minimum Gasteiger partial charge on any atom is -0.390 e. The maximum Gasteiger partial charge on any atom is 0.0697 e. The molecule has 1 saturated heterocycles. The summed E-state index contributed by atoms with van der Waals surface area (Å²) in [5, 5.41) is 10.3. The van der Waals surface area contributed by atoms with Gasteiger partial charge < -0.3 is 9.84 Å². The van der Waals surface area contributed by atoms with E-state index < -0.39 is 5.60 Å². The molecule has 0 radical (unpaired) electrons. The Hall–Kier alpha value is -0.0800. The van der Waals surface area contributed by atoms with E-state index in [9.17, 15) is 5.11 Å². The highest BCUT2D eigenvalue weighted by molar-refractivity contribution is 4.87. The molecule has 0 saturated carbocycles. The van der Waals surface area contributed by atoms with Gasteiger partial charge in [-0.25, -0.2) is 0 Å². The summed E-state index contributed by atoms with van der Waals surface area (Å²) >= 11 is 0. The summed E-state index contributed by atoms with van der Waals surface area (Å²) in [6, 6.07) is 0. The molecular weight excluding hydrogens is 164 g/mol. The van der Waals surface area contributed by atoms with E-state index in [1.807, 2.05) is 13.8 Å². The van der Waals surface area contributed by atoms with Crippen LogP contribution in [0.25, 0.3) is 0 Å². The van der Waals surface area contributed by atoms with E-state index in [2.05, 4.69) is 6.92 Å². The lowest BCUT2D eigenvalue weighted by Gasteiger charge is -2.39. The average Bonchev–Trinajstić information content (AvgIpc) is 1.98. The van der Waals surface area contributed by atoms with Crippen molar-refractivity contribution in [2.75, 3.05) is 0 Å². The molecule has 0 aromatic carbocycles. The van der Waals surface area contributed by atoms with Crippen LogP contribution in [0.4, 0.5) is 0 Å². The Bertz CT molecular complexity index is 146. The maximum atomic E-state index is 10.3. The van der Waals surface area contributed by atoms with E-state index in [0.29, 0.717) is 0 Å². The second kappa shape index (κ2) is 4.43. The molecule has 0 aliphatic carbocycles. The smallest absolute Gasteiger partial charge is 0.0697 e. The van der Waals surface area contributed by atoms with Gasteiger partial charge in [0.15, 0.2) is 0 Å². The molecule has 1 aliphatic rings. The highest BCUT2D eigenvalue weighted by atomic mass is 16.5. The fourth-order valence-electron chi connectivity index (χ4n) is 2.36. The van der Waals surface area contributed by atoms with Crippen LogP contribution in [-0.4, -0.2) is 22.9 Å². The molecule has 1 aliphatic heterocycles. The van der Waals surface area contributed by atoms with Gasteiger partial charge >= 0.3 is 0 Å². The fraction of sp³-hybridized carbons (Fsp3) is 1.00. The molecule has 0 amide bonds. The van der Waals surface area contributed by atoms with Crippen LogP contribution >= 0.6 is 0 Å². The van der Waals surface area contributed by atoms with Crippen LogP contribution in [0.2, 0.25) is 0 Å².